The Labute approximate surface area is 111 Å². The van der Waals surface area contributed by atoms with Crippen LogP contribution >= 0.6 is 0 Å². The molecule has 1 aromatic carbocycles. The summed E-state index contributed by atoms with van der Waals surface area (Å²) in [4.78, 5) is 21.5. The predicted octanol–water partition coefficient (Wildman–Crippen LogP) is 1.56. The molecule has 0 spiro atoms. The number of hydrogen-bond acceptors (Lipinski definition) is 5. The Kier molecular flexibility index (Phi) is 4.31. The number of non-ortho nitro benzene ring substituents is 1. The van der Waals surface area contributed by atoms with Crippen LogP contribution in [0.25, 0.3) is 0 Å². The van der Waals surface area contributed by atoms with E-state index in [1.54, 1.807) is 27.0 Å². The molecule has 0 aliphatic heterocycles. The first-order valence-electron chi connectivity index (χ1n) is 5.77. The fourth-order valence-electron chi connectivity index (χ4n) is 1.37. The van der Waals surface area contributed by atoms with E-state index in [4.69, 9.17) is 5.73 Å². The van der Waals surface area contributed by atoms with Crippen LogP contribution in [0, 0.1) is 15.5 Å². The maximum Gasteiger partial charge on any atom is 0.273 e. The number of primary amides is 1. The Hall–Kier alpha value is -2.31. The number of anilines is 2. The molecule has 0 aliphatic carbocycles. The molecule has 0 saturated heterocycles. The summed E-state index contributed by atoms with van der Waals surface area (Å²) in [5, 5.41) is 16.6. The second-order valence-corrected chi connectivity index (χ2v) is 4.88. The number of nitro benzene ring substituents is 1. The van der Waals surface area contributed by atoms with Crippen LogP contribution in [0.15, 0.2) is 18.2 Å². The number of nitrogens with zero attached hydrogens (tertiary/aromatic N) is 1. The van der Waals surface area contributed by atoms with Crippen molar-refractivity contribution in [3.05, 3.63) is 28.3 Å². The normalized spacial score (nSPS) is 10.9. The van der Waals surface area contributed by atoms with E-state index in [0.29, 0.717) is 17.9 Å². The van der Waals surface area contributed by atoms with Gasteiger partial charge in [0, 0.05) is 37.1 Å². The molecule has 4 N–H and O–H groups in total. The number of amides is 1. The van der Waals surface area contributed by atoms with Crippen molar-refractivity contribution in [3.8, 4) is 0 Å². The Balaban J connectivity index is 2.92. The van der Waals surface area contributed by atoms with E-state index >= 15 is 0 Å². The van der Waals surface area contributed by atoms with Gasteiger partial charge in [-0.1, -0.05) is 0 Å². The number of nitrogens with one attached hydrogen (secondary N) is 2. The smallest absolute Gasteiger partial charge is 0.273 e. The van der Waals surface area contributed by atoms with Gasteiger partial charge in [0.05, 0.1) is 10.3 Å². The minimum atomic E-state index is -0.732. The molecule has 0 bridgehead atoms. The van der Waals surface area contributed by atoms with Crippen LogP contribution in [0.4, 0.5) is 17.1 Å². The second-order valence-electron chi connectivity index (χ2n) is 4.88. The molecule has 0 heterocycles. The molecule has 0 aromatic heterocycles. The van der Waals surface area contributed by atoms with Gasteiger partial charge >= 0.3 is 0 Å². The molecule has 0 unspecified atom stereocenters. The Morgan fingerprint density at radius 2 is 1.95 bits per heavy atom. The zero-order chi connectivity index (χ0) is 14.6. The first-order valence-corrected chi connectivity index (χ1v) is 5.77. The fraction of sp³-hybridized carbons (Fsp3) is 0.417. The minimum absolute atomic E-state index is 0.0220. The summed E-state index contributed by atoms with van der Waals surface area (Å²) in [6, 6.07) is 4.58. The number of nitro groups is 1. The summed E-state index contributed by atoms with van der Waals surface area (Å²) in [6.07, 6.45) is 0. The molecule has 0 aliphatic rings. The summed E-state index contributed by atoms with van der Waals surface area (Å²) >= 11 is 0. The Bertz CT molecular complexity index is 500. The highest BCUT2D eigenvalue weighted by Crippen LogP contribution is 2.25. The summed E-state index contributed by atoms with van der Waals surface area (Å²) in [7, 11) is 1.68. The molecule has 0 fully saturated rings. The molecule has 1 aromatic rings. The minimum Gasteiger partial charge on any atom is -0.388 e. The van der Waals surface area contributed by atoms with Crippen LogP contribution in [0.3, 0.4) is 0 Å². The van der Waals surface area contributed by atoms with Gasteiger partial charge in [-0.15, -0.1) is 0 Å². The van der Waals surface area contributed by atoms with Gasteiger partial charge in [0.2, 0.25) is 5.91 Å². The third-order valence-electron chi connectivity index (χ3n) is 2.82. The van der Waals surface area contributed by atoms with Gasteiger partial charge in [-0.25, -0.2) is 0 Å². The molecule has 1 rings (SSSR count). The summed E-state index contributed by atoms with van der Waals surface area (Å²) in [6.45, 7) is 3.71. The lowest BCUT2D eigenvalue weighted by Gasteiger charge is -2.21. The zero-order valence-electron chi connectivity index (χ0n) is 11.2. The van der Waals surface area contributed by atoms with E-state index in [-0.39, 0.29) is 5.69 Å². The van der Waals surface area contributed by atoms with E-state index in [9.17, 15) is 14.9 Å². The van der Waals surface area contributed by atoms with Crippen LogP contribution in [-0.2, 0) is 4.79 Å². The van der Waals surface area contributed by atoms with E-state index in [1.807, 2.05) is 0 Å². The van der Waals surface area contributed by atoms with Crippen molar-refractivity contribution in [2.75, 3.05) is 24.2 Å². The van der Waals surface area contributed by atoms with Crippen LogP contribution in [0.5, 0.6) is 0 Å². The molecule has 7 heteroatoms. The highest BCUT2D eigenvalue weighted by atomic mass is 16.6. The van der Waals surface area contributed by atoms with Gasteiger partial charge < -0.3 is 16.4 Å². The van der Waals surface area contributed by atoms with Crippen molar-refractivity contribution in [2.24, 2.45) is 11.1 Å². The number of hydrogen-bond donors (Lipinski definition) is 3. The molecular weight excluding hydrogens is 248 g/mol. The van der Waals surface area contributed by atoms with Gasteiger partial charge in [-0.3, -0.25) is 14.9 Å². The molecule has 0 radical (unpaired) electrons. The van der Waals surface area contributed by atoms with Gasteiger partial charge in [0.15, 0.2) is 0 Å². The van der Waals surface area contributed by atoms with Crippen LogP contribution in [0.1, 0.15) is 13.8 Å². The molecular formula is C12H18N4O3. The van der Waals surface area contributed by atoms with Gasteiger partial charge in [0.25, 0.3) is 5.69 Å². The molecule has 1 amide bonds. The van der Waals surface area contributed by atoms with Crippen molar-refractivity contribution in [1.29, 1.82) is 0 Å². The van der Waals surface area contributed by atoms with Crippen LogP contribution < -0.4 is 16.4 Å². The highest BCUT2D eigenvalue weighted by Gasteiger charge is 2.24. The largest absolute Gasteiger partial charge is 0.388 e. The monoisotopic (exact) mass is 266 g/mol. The summed E-state index contributed by atoms with van der Waals surface area (Å²) in [5.41, 5.74) is 5.70. The zero-order valence-corrected chi connectivity index (χ0v) is 11.2. The van der Waals surface area contributed by atoms with Crippen molar-refractivity contribution >= 4 is 23.0 Å². The maximum absolute atomic E-state index is 11.2. The molecule has 7 nitrogen and oxygen atoms in total. The topological polar surface area (TPSA) is 110 Å². The molecule has 104 valence electrons. The number of carbonyl (C=O) groups excluding carboxylic acids is 1. The average molecular weight is 266 g/mol. The van der Waals surface area contributed by atoms with Gasteiger partial charge in [-0.05, 0) is 19.9 Å². The fourth-order valence-corrected chi connectivity index (χ4v) is 1.37. The van der Waals surface area contributed by atoms with E-state index < -0.39 is 16.2 Å². The highest BCUT2D eigenvalue weighted by molar-refractivity contribution is 5.80. The standard InChI is InChI=1S/C12H18N4O3/c1-12(2,11(13)17)7-15-9-4-8(14-3)5-10(6-9)16(18)19/h4-6,14-15H,7H2,1-3H3,(H2,13,17). The lowest BCUT2D eigenvalue weighted by atomic mass is 9.92. The van der Waals surface area contributed by atoms with Gasteiger partial charge in [0.1, 0.15) is 0 Å². The summed E-state index contributed by atoms with van der Waals surface area (Å²) < 4.78 is 0. The quantitative estimate of drug-likeness (QED) is 0.534. The number of rotatable bonds is 6. The first-order chi connectivity index (χ1) is 8.76. The van der Waals surface area contributed by atoms with E-state index in [0.717, 1.165) is 0 Å². The molecule has 0 saturated carbocycles. The van der Waals surface area contributed by atoms with Crippen molar-refractivity contribution < 1.29 is 9.72 Å². The van der Waals surface area contributed by atoms with Crippen molar-refractivity contribution in [1.82, 2.24) is 0 Å². The number of benzene rings is 1. The third kappa shape index (κ3) is 3.84. The third-order valence-corrected chi connectivity index (χ3v) is 2.82. The SMILES string of the molecule is CNc1cc(NCC(C)(C)C(N)=O)cc([N+](=O)[O-])c1. The maximum atomic E-state index is 11.2. The van der Waals surface area contributed by atoms with Crippen molar-refractivity contribution in [3.63, 3.8) is 0 Å². The number of nitrogens with two attached hydrogens (primary N) is 1. The van der Waals surface area contributed by atoms with E-state index in [1.165, 1.54) is 12.1 Å². The second kappa shape index (κ2) is 5.55. The Morgan fingerprint density at radius 1 is 1.37 bits per heavy atom. The molecule has 0 atom stereocenters. The Morgan fingerprint density at radius 3 is 2.42 bits per heavy atom. The van der Waals surface area contributed by atoms with E-state index in [2.05, 4.69) is 10.6 Å². The lowest BCUT2D eigenvalue weighted by Crippen LogP contribution is -2.37. The summed E-state index contributed by atoms with van der Waals surface area (Å²) in [5.74, 6) is -0.431. The van der Waals surface area contributed by atoms with Crippen LogP contribution in [0.2, 0.25) is 0 Å². The molecule has 19 heavy (non-hydrogen) atoms. The predicted molar refractivity (Wildman–Crippen MR) is 74.1 cm³/mol. The first kappa shape index (κ1) is 14.7. The van der Waals surface area contributed by atoms with Crippen LogP contribution in [-0.4, -0.2) is 24.4 Å². The number of carbonyl (C=O) groups is 1. The van der Waals surface area contributed by atoms with Crippen molar-refractivity contribution in [2.45, 2.75) is 13.8 Å². The van der Waals surface area contributed by atoms with Gasteiger partial charge in [-0.2, -0.15) is 0 Å². The average Bonchev–Trinajstić information content (AvgIpc) is 2.35. The lowest BCUT2D eigenvalue weighted by molar-refractivity contribution is -0.384.